The number of rotatable bonds is 4. The molecule has 0 saturated heterocycles. The largest absolute Gasteiger partial charge is 0.390 e. The first kappa shape index (κ1) is 17.3. The Kier molecular flexibility index (Phi) is 4.93. The fraction of sp³-hybridized carbons (Fsp3) is 0.467. The summed E-state index contributed by atoms with van der Waals surface area (Å²) in [6.07, 6.45) is -6.19. The molecule has 0 fully saturated rings. The lowest BCUT2D eigenvalue weighted by Gasteiger charge is -2.23. The monoisotopic (exact) mass is 328 g/mol. The van der Waals surface area contributed by atoms with E-state index in [9.17, 15) is 18.0 Å². The Morgan fingerprint density at radius 1 is 1.35 bits per heavy atom. The summed E-state index contributed by atoms with van der Waals surface area (Å²) >= 11 is 0. The number of hydrogen-bond acceptors (Lipinski definition) is 4. The van der Waals surface area contributed by atoms with Gasteiger partial charge in [-0.3, -0.25) is 4.79 Å². The fourth-order valence-corrected chi connectivity index (χ4v) is 2.14. The van der Waals surface area contributed by atoms with Crippen molar-refractivity contribution < 1.29 is 18.0 Å². The van der Waals surface area contributed by atoms with Crippen LogP contribution in [0.1, 0.15) is 17.5 Å². The standard InChI is InChI=1S/C15H19F3N4O/c1-10-4-6-11(7-5-10)12-19-13(22(3)20-12)14(23)21(2)9-8-15(16,17)18/h4-7,13H,8-9H2,1-3H3,(H,19,20). The van der Waals surface area contributed by atoms with Gasteiger partial charge >= 0.3 is 6.18 Å². The van der Waals surface area contributed by atoms with E-state index in [0.717, 1.165) is 16.0 Å². The number of aliphatic imine (C=N–C) groups is 1. The number of halogens is 3. The Morgan fingerprint density at radius 3 is 2.52 bits per heavy atom. The molecule has 1 N–H and O–H groups in total. The highest BCUT2D eigenvalue weighted by molar-refractivity contribution is 6.01. The molecule has 1 amide bonds. The number of carbonyl (C=O) groups excluding carboxylic acids is 1. The summed E-state index contributed by atoms with van der Waals surface area (Å²) < 4.78 is 36.8. The van der Waals surface area contributed by atoms with Gasteiger partial charge in [0.05, 0.1) is 6.42 Å². The van der Waals surface area contributed by atoms with Crippen LogP contribution < -0.4 is 5.43 Å². The number of nitrogens with one attached hydrogen (secondary N) is 1. The molecule has 1 unspecified atom stereocenters. The molecule has 2 rings (SSSR count). The van der Waals surface area contributed by atoms with E-state index < -0.39 is 24.7 Å². The van der Waals surface area contributed by atoms with Crippen LogP contribution in [0.2, 0.25) is 0 Å². The van der Waals surface area contributed by atoms with Gasteiger partial charge in [0.1, 0.15) is 5.84 Å². The van der Waals surface area contributed by atoms with Crippen molar-refractivity contribution >= 4 is 11.7 Å². The van der Waals surface area contributed by atoms with Crippen LogP contribution >= 0.6 is 0 Å². The summed E-state index contributed by atoms with van der Waals surface area (Å²) in [6, 6.07) is 7.58. The molecular weight excluding hydrogens is 309 g/mol. The summed E-state index contributed by atoms with van der Waals surface area (Å²) in [5, 5.41) is 1.49. The summed E-state index contributed by atoms with van der Waals surface area (Å²) in [5.74, 6) is 0.0430. The van der Waals surface area contributed by atoms with Gasteiger partial charge in [-0.25, -0.2) is 4.99 Å². The maximum Gasteiger partial charge on any atom is 0.390 e. The smallest absolute Gasteiger partial charge is 0.342 e. The molecule has 1 aromatic carbocycles. The summed E-state index contributed by atoms with van der Waals surface area (Å²) in [7, 11) is 2.98. The zero-order valence-electron chi connectivity index (χ0n) is 13.2. The third kappa shape index (κ3) is 4.44. The molecule has 0 bridgehead atoms. The molecule has 1 aromatic rings. The molecule has 0 radical (unpaired) electrons. The number of nitrogens with zero attached hydrogens (tertiary/aromatic N) is 3. The molecule has 8 heteroatoms. The average Bonchev–Trinajstić information content (AvgIpc) is 2.86. The predicted molar refractivity (Wildman–Crippen MR) is 80.7 cm³/mol. The van der Waals surface area contributed by atoms with Crippen molar-refractivity contribution in [1.82, 2.24) is 15.3 Å². The lowest BCUT2D eigenvalue weighted by Crippen LogP contribution is -2.47. The van der Waals surface area contributed by atoms with E-state index in [2.05, 4.69) is 10.4 Å². The van der Waals surface area contributed by atoms with E-state index in [-0.39, 0.29) is 6.54 Å². The lowest BCUT2D eigenvalue weighted by molar-refractivity contribution is -0.146. The van der Waals surface area contributed by atoms with E-state index >= 15 is 0 Å². The van der Waals surface area contributed by atoms with Gasteiger partial charge in [0.25, 0.3) is 5.91 Å². The van der Waals surface area contributed by atoms with Gasteiger partial charge in [-0.2, -0.15) is 18.2 Å². The highest BCUT2D eigenvalue weighted by Crippen LogP contribution is 2.20. The number of amidine groups is 1. The Hall–Kier alpha value is -2.09. The van der Waals surface area contributed by atoms with Crippen molar-refractivity contribution in [2.24, 2.45) is 4.99 Å². The predicted octanol–water partition coefficient (Wildman–Crippen LogP) is 1.93. The molecule has 1 aliphatic rings. The highest BCUT2D eigenvalue weighted by Gasteiger charge is 2.34. The second kappa shape index (κ2) is 6.57. The van der Waals surface area contributed by atoms with Crippen LogP contribution in [-0.4, -0.2) is 54.6 Å². The van der Waals surface area contributed by atoms with Crippen LogP contribution in [-0.2, 0) is 4.79 Å². The van der Waals surface area contributed by atoms with Crippen LogP contribution in [0, 0.1) is 6.92 Å². The van der Waals surface area contributed by atoms with Crippen molar-refractivity contribution in [1.29, 1.82) is 0 Å². The average molecular weight is 328 g/mol. The zero-order valence-corrected chi connectivity index (χ0v) is 13.2. The Morgan fingerprint density at radius 2 is 1.96 bits per heavy atom. The van der Waals surface area contributed by atoms with E-state index in [1.807, 2.05) is 31.2 Å². The Labute approximate surface area is 132 Å². The van der Waals surface area contributed by atoms with Crippen LogP contribution in [0.4, 0.5) is 13.2 Å². The van der Waals surface area contributed by atoms with Crippen molar-refractivity contribution in [3.05, 3.63) is 35.4 Å². The number of benzene rings is 1. The normalized spacial score (nSPS) is 18.5. The molecule has 126 valence electrons. The van der Waals surface area contributed by atoms with Crippen molar-refractivity contribution in [3.63, 3.8) is 0 Å². The van der Waals surface area contributed by atoms with Crippen LogP contribution in [0.3, 0.4) is 0 Å². The summed E-state index contributed by atoms with van der Waals surface area (Å²) in [4.78, 5) is 17.6. The maximum atomic E-state index is 12.3. The van der Waals surface area contributed by atoms with E-state index in [4.69, 9.17) is 0 Å². The molecule has 23 heavy (non-hydrogen) atoms. The zero-order chi connectivity index (χ0) is 17.2. The number of alkyl halides is 3. The number of hydrogen-bond donors (Lipinski definition) is 1. The summed E-state index contributed by atoms with van der Waals surface area (Å²) in [5.41, 5.74) is 4.87. The van der Waals surface area contributed by atoms with Gasteiger partial charge in [0.2, 0.25) is 0 Å². The minimum Gasteiger partial charge on any atom is -0.342 e. The molecule has 1 heterocycles. The number of amides is 1. The molecule has 0 saturated carbocycles. The second-order valence-corrected chi connectivity index (χ2v) is 5.57. The molecule has 0 spiro atoms. The number of carbonyl (C=O) groups is 1. The summed E-state index contributed by atoms with van der Waals surface area (Å²) in [6.45, 7) is 1.57. The molecule has 0 aromatic heterocycles. The van der Waals surface area contributed by atoms with Crippen LogP contribution in [0.25, 0.3) is 0 Å². The first-order valence-electron chi connectivity index (χ1n) is 7.13. The van der Waals surface area contributed by atoms with Gasteiger partial charge < -0.3 is 10.3 Å². The molecule has 0 aliphatic carbocycles. The van der Waals surface area contributed by atoms with Crippen molar-refractivity contribution in [2.75, 3.05) is 20.6 Å². The van der Waals surface area contributed by atoms with Gasteiger partial charge in [0.15, 0.2) is 6.17 Å². The molecule has 1 atom stereocenters. The molecule has 1 aliphatic heterocycles. The van der Waals surface area contributed by atoms with Gasteiger partial charge in [-0.1, -0.05) is 29.8 Å². The van der Waals surface area contributed by atoms with Gasteiger partial charge in [-0.15, -0.1) is 0 Å². The number of likely N-dealkylation sites (N-methyl/N-ethyl adjacent to an activating group) is 2. The number of aryl methyl sites for hydroxylation is 1. The highest BCUT2D eigenvalue weighted by atomic mass is 19.4. The number of hydrazine groups is 1. The third-order valence-corrected chi connectivity index (χ3v) is 3.55. The first-order chi connectivity index (χ1) is 10.7. The third-order valence-electron chi connectivity index (χ3n) is 3.55. The van der Waals surface area contributed by atoms with Gasteiger partial charge in [-0.05, 0) is 6.92 Å². The SMILES string of the molecule is Cc1ccc(C2=NC(C(=O)N(C)CCC(F)(F)F)N(C)N2)cc1. The lowest BCUT2D eigenvalue weighted by atomic mass is 10.1. The van der Waals surface area contributed by atoms with Crippen molar-refractivity contribution in [2.45, 2.75) is 25.7 Å². The van der Waals surface area contributed by atoms with E-state index in [1.54, 1.807) is 7.05 Å². The topological polar surface area (TPSA) is 47.9 Å². The van der Waals surface area contributed by atoms with E-state index in [1.165, 1.54) is 12.1 Å². The minimum absolute atomic E-state index is 0.387. The first-order valence-corrected chi connectivity index (χ1v) is 7.13. The molecular formula is C15H19F3N4O. The maximum absolute atomic E-state index is 12.3. The quantitative estimate of drug-likeness (QED) is 0.919. The Bertz CT molecular complexity index is 598. The fourth-order valence-electron chi connectivity index (χ4n) is 2.14. The molecule has 5 nitrogen and oxygen atoms in total. The van der Waals surface area contributed by atoms with E-state index in [0.29, 0.717) is 5.84 Å². The van der Waals surface area contributed by atoms with Crippen molar-refractivity contribution in [3.8, 4) is 0 Å². The Balaban J connectivity index is 2.07. The van der Waals surface area contributed by atoms with Crippen LogP contribution in [0.5, 0.6) is 0 Å². The van der Waals surface area contributed by atoms with Crippen LogP contribution in [0.15, 0.2) is 29.3 Å². The minimum atomic E-state index is -4.29. The van der Waals surface area contributed by atoms with Gasteiger partial charge in [0, 0.05) is 26.2 Å². The second-order valence-electron chi connectivity index (χ2n) is 5.57.